The highest BCUT2D eigenvalue weighted by Crippen LogP contribution is 2.48. The zero-order valence-electron chi connectivity index (χ0n) is 27.1. The van der Waals surface area contributed by atoms with Gasteiger partial charge in [-0.2, -0.15) is 5.10 Å². The number of aryl methyl sites for hydroxylation is 1. The van der Waals surface area contributed by atoms with Crippen molar-refractivity contribution in [2.24, 2.45) is 0 Å². The van der Waals surface area contributed by atoms with Crippen molar-refractivity contribution in [1.29, 1.82) is 0 Å². The normalized spacial score (nSPS) is 22.4. The third-order valence-electron chi connectivity index (χ3n) is 8.41. The molecule has 3 aromatic carbocycles. The molecule has 0 radical (unpaired) electrons. The van der Waals surface area contributed by atoms with Crippen molar-refractivity contribution < 1.29 is 37.3 Å². The van der Waals surface area contributed by atoms with Gasteiger partial charge < -0.3 is 23.7 Å². The zero-order chi connectivity index (χ0) is 36.8. The highest BCUT2D eigenvalue weighted by molar-refractivity contribution is 6.34. The Labute approximate surface area is 313 Å². The zero-order valence-corrected chi connectivity index (χ0v) is 29.4. The average molecular weight is 783 g/mol. The molecule has 0 amide bonds. The second-order valence-electron chi connectivity index (χ2n) is 11.9. The summed E-state index contributed by atoms with van der Waals surface area (Å²) in [5, 5.41) is 13.0. The number of rotatable bonds is 7. The van der Waals surface area contributed by atoms with E-state index in [4.69, 9.17) is 58.5 Å². The first-order valence-electron chi connectivity index (χ1n) is 15.9. The minimum absolute atomic E-state index is 0.0376. The smallest absolute Gasteiger partial charge is 0.425 e. The molecule has 6 atom stereocenters. The molecule has 8 rings (SSSR count). The van der Waals surface area contributed by atoms with E-state index in [1.165, 1.54) is 27.8 Å². The van der Waals surface area contributed by atoms with Gasteiger partial charge in [0.25, 0.3) is 0 Å². The largest absolute Gasteiger partial charge is 0.515 e. The molecule has 18 heteroatoms. The Morgan fingerprint density at radius 3 is 2.45 bits per heavy atom. The highest BCUT2D eigenvalue weighted by Gasteiger charge is 2.57. The summed E-state index contributed by atoms with van der Waals surface area (Å²) in [6.45, 7) is 1.65. The molecule has 0 aliphatic carbocycles. The van der Waals surface area contributed by atoms with Crippen LogP contribution in [0.4, 0.5) is 13.6 Å². The number of fused-ring (bicyclic) bond motifs is 1. The van der Waals surface area contributed by atoms with Gasteiger partial charge >= 0.3 is 6.16 Å². The molecule has 2 aliphatic rings. The maximum absolute atomic E-state index is 14.5. The van der Waals surface area contributed by atoms with Gasteiger partial charge in [0.15, 0.2) is 30.6 Å². The van der Waals surface area contributed by atoms with E-state index in [1.54, 1.807) is 37.3 Å². The quantitative estimate of drug-likeness (QED) is 0.116. The number of pyridine rings is 1. The summed E-state index contributed by atoms with van der Waals surface area (Å²) in [6.07, 6.45) is -4.03. The molecule has 2 saturated heterocycles. The number of carbonyl (C=O) groups is 1. The number of hydrogen-bond acceptors (Lipinski definition) is 11. The molecular formula is C35H24Cl3F2N7O6. The molecule has 0 N–H and O–H groups in total. The van der Waals surface area contributed by atoms with Gasteiger partial charge in [-0.05, 0) is 43.3 Å². The molecule has 5 heterocycles. The van der Waals surface area contributed by atoms with E-state index in [-0.39, 0.29) is 28.0 Å². The van der Waals surface area contributed by atoms with Crippen molar-refractivity contribution in [3.05, 3.63) is 135 Å². The number of halogens is 5. The molecule has 0 spiro atoms. The molecular weight excluding hydrogens is 759 g/mol. The summed E-state index contributed by atoms with van der Waals surface area (Å²) in [7, 11) is 0. The van der Waals surface area contributed by atoms with Crippen molar-refractivity contribution in [3.63, 3.8) is 0 Å². The predicted octanol–water partition coefficient (Wildman–Crippen LogP) is 7.80. The van der Waals surface area contributed by atoms with E-state index in [0.29, 0.717) is 22.1 Å². The maximum atomic E-state index is 14.5. The number of benzene rings is 3. The summed E-state index contributed by atoms with van der Waals surface area (Å²) in [6, 6.07) is 19.6. The molecule has 0 saturated carbocycles. The SMILES string of the molecule is Cc1nc(C2OC3OC(c4ccccc4)OC3C(n3cc(-c4cc(F)c(Cl)c(F)c4)nn3)C2OC(=O)Oc2ccccn2)n(-c2cc(Cl)ccc2Cl)n1. The van der Waals surface area contributed by atoms with Gasteiger partial charge in [-0.1, -0.05) is 76.4 Å². The van der Waals surface area contributed by atoms with Crippen LogP contribution < -0.4 is 4.74 Å². The van der Waals surface area contributed by atoms with Crippen LogP contribution in [0.1, 0.15) is 35.6 Å². The Hall–Kier alpha value is -5.03. The van der Waals surface area contributed by atoms with Crippen LogP contribution in [-0.4, -0.2) is 59.4 Å². The third kappa shape index (κ3) is 6.94. The molecule has 3 aromatic heterocycles. The van der Waals surface area contributed by atoms with Crippen LogP contribution in [0.25, 0.3) is 16.9 Å². The lowest BCUT2D eigenvalue weighted by atomic mass is 9.95. The first-order valence-corrected chi connectivity index (χ1v) is 17.0. The molecule has 53 heavy (non-hydrogen) atoms. The van der Waals surface area contributed by atoms with Crippen LogP contribution in [0.2, 0.25) is 15.1 Å². The monoisotopic (exact) mass is 781 g/mol. The van der Waals surface area contributed by atoms with Crippen LogP contribution in [0.15, 0.2) is 91.3 Å². The third-order valence-corrected chi connectivity index (χ3v) is 9.33. The Bertz CT molecular complexity index is 2280. The number of ether oxygens (including phenoxy) is 5. The lowest BCUT2D eigenvalue weighted by Crippen LogP contribution is -2.52. The molecule has 0 bridgehead atoms. The van der Waals surface area contributed by atoms with Gasteiger partial charge in [0.1, 0.15) is 40.3 Å². The van der Waals surface area contributed by atoms with E-state index in [1.807, 2.05) is 30.3 Å². The van der Waals surface area contributed by atoms with Crippen LogP contribution >= 0.6 is 34.8 Å². The Balaban J connectivity index is 1.27. The fourth-order valence-corrected chi connectivity index (χ4v) is 6.59. The topological polar surface area (TPSA) is 138 Å². The van der Waals surface area contributed by atoms with E-state index >= 15 is 0 Å². The number of carbonyl (C=O) groups excluding carboxylic acids is 1. The summed E-state index contributed by atoms with van der Waals surface area (Å²) in [5.74, 6) is -1.57. The molecule has 6 unspecified atom stereocenters. The minimum atomic E-state index is -1.38. The van der Waals surface area contributed by atoms with E-state index in [0.717, 1.165) is 12.1 Å². The molecule has 2 aliphatic heterocycles. The number of hydrogen-bond donors (Lipinski definition) is 0. The summed E-state index contributed by atoms with van der Waals surface area (Å²) >= 11 is 18.7. The van der Waals surface area contributed by atoms with Crippen molar-refractivity contribution in [1.82, 2.24) is 34.7 Å². The molecule has 2 fully saturated rings. The van der Waals surface area contributed by atoms with Gasteiger partial charge in [0.05, 0.1) is 16.9 Å². The van der Waals surface area contributed by atoms with Crippen LogP contribution in [0.3, 0.4) is 0 Å². The minimum Gasteiger partial charge on any atom is -0.425 e. The molecule has 6 aromatic rings. The van der Waals surface area contributed by atoms with Gasteiger partial charge in [-0.25, -0.2) is 32.9 Å². The summed E-state index contributed by atoms with van der Waals surface area (Å²) in [4.78, 5) is 22.3. The second kappa shape index (κ2) is 14.4. The first-order chi connectivity index (χ1) is 25.6. The first kappa shape index (κ1) is 35.0. The average Bonchev–Trinajstić information content (AvgIpc) is 3.91. The molecule has 270 valence electrons. The Morgan fingerprint density at radius 1 is 0.925 bits per heavy atom. The van der Waals surface area contributed by atoms with Crippen molar-refractivity contribution in [2.45, 2.75) is 43.9 Å². The standard InChI is InChI=1S/C35H24Cl3F2N7O6/c1-17-42-32(47(44-17)25-15-20(36)10-11-21(25)37)31-29(52-35(48)49-26-9-5-6-12-41-26)28(30-34(51-31)53-33(50-30)18-7-3-2-4-8-18)46-16-24(43-45-46)19-13-22(39)27(38)23(40)14-19/h2-16,28-31,33-34H,1H3. The van der Waals surface area contributed by atoms with E-state index < -0.39 is 59.7 Å². The van der Waals surface area contributed by atoms with Crippen molar-refractivity contribution in [2.75, 3.05) is 0 Å². The summed E-state index contributed by atoms with van der Waals surface area (Å²) < 4.78 is 62.7. The second-order valence-corrected chi connectivity index (χ2v) is 13.1. The van der Waals surface area contributed by atoms with Crippen LogP contribution in [0.5, 0.6) is 5.88 Å². The lowest BCUT2D eigenvalue weighted by molar-refractivity contribution is -0.237. The van der Waals surface area contributed by atoms with Gasteiger partial charge in [-0.3, -0.25) is 0 Å². The van der Waals surface area contributed by atoms with E-state index in [2.05, 4.69) is 25.4 Å². The van der Waals surface area contributed by atoms with Crippen molar-refractivity contribution in [3.8, 4) is 22.8 Å². The van der Waals surface area contributed by atoms with E-state index in [9.17, 15) is 13.6 Å². The van der Waals surface area contributed by atoms with Crippen LogP contribution in [0, 0.1) is 18.6 Å². The van der Waals surface area contributed by atoms with Gasteiger partial charge in [0, 0.05) is 28.4 Å². The lowest BCUT2D eigenvalue weighted by Gasteiger charge is -2.41. The van der Waals surface area contributed by atoms with Gasteiger partial charge in [-0.15, -0.1) is 5.10 Å². The Kier molecular flexibility index (Phi) is 9.53. The summed E-state index contributed by atoms with van der Waals surface area (Å²) in [5.41, 5.74) is 1.13. The fraction of sp³-hybridized carbons (Fsp3) is 0.200. The van der Waals surface area contributed by atoms with Gasteiger partial charge in [0.2, 0.25) is 5.88 Å². The molecule has 13 nitrogen and oxygen atoms in total. The predicted molar refractivity (Wildman–Crippen MR) is 183 cm³/mol. The number of aromatic nitrogens is 7. The Morgan fingerprint density at radius 2 is 1.70 bits per heavy atom. The van der Waals surface area contributed by atoms with Crippen LogP contribution in [-0.2, 0) is 18.9 Å². The fourth-order valence-electron chi connectivity index (χ4n) is 6.11. The number of nitrogens with zero attached hydrogens (tertiary/aromatic N) is 7. The highest BCUT2D eigenvalue weighted by atomic mass is 35.5. The van der Waals surface area contributed by atoms with Crippen molar-refractivity contribution >= 4 is 41.0 Å². The maximum Gasteiger partial charge on any atom is 0.515 e.